The Morgan fingerprint density at radius 2 is 1.68 bits per heavy atom. The molecule has 1 aliphatic heterocycles. The Labute approximate surface area is 158 Å². The van der Waals surface area contributed by atoms with Crippen LogP contribution < -0.4 is 4.90 Å². The van der Waals surface area contributed by atoms with Crippen LogP contribution in [-0.4, -0.2) is 42.0 Å². The summed E-state index contributed by atoms with van der Waals surface area (Å²) in [5.41, 5.74) is 0.636. The molecule has 1 saturated heterocycles. The van der Waals surface area contributed by atoms with Crippen LogP contribution in [0.15, 0.2) is 48.5 Å². The Balaban J connectivity index is 1.46. The number of hydrogen-bond acceptors (Lipinski definition) is 2. The number of carbonyl (C=O) groups excluding carboxylic acids is 1. The minimum Gasteiger partial charge on any atom is -0.368 e. The number of fused-ring (bicyclic) bond motifs is 1. The maximum Gasteiger partial charge on any atom is 0.416 e. The number of H-pyrrole nitrogens is 1. The van der Waals surface area contributed by atoms with Crippen LogP contribution in [0.4, 0.5) is 23.2 Å². The van der Waals surface area contributed by atoms with E-state index in [1.165, 1.54) is 18.2 Å². The minimum absolute atomic E-state index is 0.251. The van der Waals surface area contributed by atoms with E-state index in [9.17, 15) is 22.4 Å². The Morgan fingerprint density at radius 3 is 2.36 bits per heavy atom. The maximum absolute atomic E-state index is 13.8. The lowest BCUT2D eigenvalue weighted by atomic mass is 10.1. The third-order valence-electron chi connectivity index (χ3n) is 4.95. The number of alkyl halides is 3. The first-order valence-corrected chi connectivity index (χ1v) is 8.81. The number of benzene rings is 2. The van der Waals surface area contributed by atoms with E-state index in [1.54, 1.807) is 23.1 Å². The average Bonchev–Trinajstić information content (AvgIpc) is 3.13. The molecule has 1 fully saturated rings. The van der Waals surface area contributed by atoms with Gasteiger partial charge in [-0.15, -0.1) is 0 Å². The maximum atomic E-state index is 13.8. The van der Waals surface area contributed by atoms with Crippen LogP contribution in [0.2, 0.25) is 0 Å². The monoisotopic (exact) mass is 391 g/mol. The zero-order valence-corrected chi connectivity index (χ0v) is 14.8. The van der Waals surface area contributed by atoms with Crippen LogP contribution in [0.1, 0.15) is 16.1 Å². The Bertz CT molecular complexity index is 1020. The summed E-state index contributed by atoms with van der Waals surface area (Å²) in [4.78, 5) is 19.1. The SMILES string of the molecule is O=C(c1cc2c(F)cccc2[nH]1)N1CCN(c2cccc(C(F)(F)F)c2)CC1. The second-order valence-electron chi connectivity index (χ2n) is 6.71. The quantitative estimate of drug-likeness (QED) is 0.662. The van der Waals surface area contributed by atoms with Crippen molar-refractivity contribution >= 4 is 22.5 Å². The molecule has 4 nitrogen and oxygen atoms in total. The highest BCUT2D eigenvalue weighted by atomic mass is 19.4. The standard InChI is InChI=1S/C20H17F4N3O/c21-16-5-2-6-17-15(16)12-18(25-17)19(28)27-9-7-26(8-10-27)14-4-1-3-13(11-14)20(22,23)24/h1-6,11-12,25H,7-10H2. The highest BCUT2D eigenvalue weighted by molar-refractivity contribution is 5.98. The van der Waals surface area contributed by atoms with E-state index < -0.39 is 17.6 Å². The number of nitrogens with one attached hydrogen (secondary N) is 1. The van der Waals surface area contributed by atoms with E-state index >= 15 is 0 Å². The van der Waals surface area contributed by atoms with Gasteiger partial charge in [-0.25, -0.2) is 4.39 Å². The summed E-state index contributed by atoms with van der Waals surface area (Å²) in [6.07, 6.45) is -4.39. The third-order valence-corrected chi connectivity index (χ3v) is 4.95. The Kier molecular flexibility index (Phi) is 4.49. The van der Waals surface area contributed by atoms with Gasteiger partial charge in [0, 0.05) is 42.8 Å². The van der Waals surface area contributed by atoms with Crippen molar-refractivity contribution < 1.29 is 22.4 Å². The molecule has 28 heavy (non-hydrogen) atoms. The van der Waals surface area contributed by atoms with Crippen molar-refractivity contribution in [2.45, 2.75) is 6.18 Å². The number of amides is 1. The summed E-state index contributed by atoms with van der Waals surface area (Å²) in [5, 5.41) is 0.355. The van der Waals surface area contributed by atoms with Gasteiger partial charge in [0.05, 0.1) is 5.56 Å². The molecule has 0 saturated carbocycles. The smallest absolute Gasteiger partial charge is 0.368 e. The Morgan fingerprint density at radius 1 is 0.964 bits per heavy atom. The number of anilines is 1. The van der Waals surface area contributed by atoms with Gasteiger partial charge < -0.3 is 14.8 Å². The predicted octanol–water partition coefficient (Wildman–Crippen LogP) is 4.29. The number of carbonyl (C=O) groups is 1. The molecule has 2 heterocycles. The first-order chi connectivity index (χ1) is 13.3. The summed E-state index contributed by atoms with van der Waals surface area (Å²) in [6.45, 7) is 1.57. The molecule has 0 bridgehead atoms. The van der Waals surface area contributed by atoms with Crippen LogP contribution in [-0.2, 0) is 6.18 Å². The van der Waals surface area contributed by atoms with Crippen LogP contribution in [0, 0.1) is 5.82 Å². The lowest BCUT2D eigenvalue weighted by Gasteiger charge is -2.36. The lowest BCUT2D eigenvalue weighted by Crippen LogP contribution is -2.48. The third kappa shape index (κ3) is 3.42. The predicted molar refractivity (Wildman–Crippen MR) is 97.8 cm³/mol. The normalized spacial score (nSPS) is 15.3. The highest BCUT2D eigenvalue weighted by Gasteiger charge is 2.31. The van der Waals surface area contributed by atoms with Gasteiger partial charge in [0.1, 0.15) is 11.5 Å². The van der Waals surface area contributed by atoms with E-state index in [0.717, 1.165) is 12.1 Å². The molecule has 1 amide bonds. The first-order valence-electron chi connectivity index (χ1n) is 8.81. The molecule has 1 N–H and O–H groups in total. The van der Waals surface area contributed by atoms with Crippen LogP contribution >= 0.6 is 0 Å². The molecule has 8 heteroatoms. The summed E-state index contributed by atoms with van der Waals surface area (Å²) in [7, 11) is 0. The van der Waals surface area contributed by atoms with Crippen molar-refractivity contribution in [1.29, 1.82) is 0 Å². The molecule has 4 rings (SSSR count). The summed E-state index contributed by atoms with van der Waals surface area (Å²) >= 11 is 0. The van der Waals surface area contributed by atoms with Gasteiger partial charge in [-0.2, -0.15) is 13.2 Å². The van der Waals surface area contributed by atoms with Crippen molar-refractivity contribution in [2.75, 3.05) is 31.1 Å². The Hall–Kier alpha value is -3.03. The van der Waals surface area contributed by atoms with Crippen LogP contribution in [0.25, 0.3) is 10.9 Å². The number of rotatable bonds is 2. The van der Waals surface area contributed by atoms with Gasteiger partial charge in [0.25, 0.3) is 5.91 Å². The molecular weight excluding hydrogens is 374 g/mol. The molecule has 0 radical (unpaired) electrons. The zero-order valence-electron chi connectivity index (χ0n) is 14.8. The molecule has 1 aliphatic rings. The van der Waals surface area contributed by atoms with Crippen molar-refractivity contribution in [1.82, 2.24) is 9.88 Å². The molecule has 146 valence electrons. The molecule has 0 spiro atoms. The second kappa shape index (κ2) is 6.85. The van der Waals surface area contributed by atoms with Crippen molar-refractivity contribution in [3.63, 3.8) is 0 Å². The molecule has 0 aliphatic carbocycles. The van der Waals surface area contributed by atoms with E-state index in [1.807, 2.05) is 4.90 Å². The van der Waals surface area contributed by atoms with Crippen LogP contribution in [0.3, 0.4) is 0 Å². The molecule has 0 unspecified atom stereocenters. The average molecular weight is 391 g/mol. The number of hydrogen-bond donors (Lipinski definition) is 1. The van der Waals surface area contributed by atoms with Gasteiger partial charge in [-0.05, 0) is 36.4 Å². The summed E-state index contributed by atoms with van der Waals surface area (Å²) in [5.74, 6) is -0.651. The molecule has 3 aromatic rings. The number of nitrogens with zero attached hydrogens (tertiary/aromatic N) is 2. The molecular formula is C20H17F4N3O. The van der Waals surface area contributed by atoms with E-state index in [2.05, 4.69) is 4.98 Å². The van der Waals surface area contributed by atoms with Gasteiger partial charge in [0.15, 0.2) is 0 Å². The number of aromatic nitrogens is 1. The van der Waals surface area contributed by atoms with E-state index in [-0.39, 0.29) is 5.91 Å². The summed E-state index contributed by atoms with van der Waals surface area (Å²) < 4.78 is 52.5. The van der Waals surface area contributed by atoms with Gasteiger partial charge in [-0.1, -0.05) is 12.1 Å². The number of aromatic amines is 1. The molecule has 1 aromatic heterocycles. The molecule has 0 atom stereocenters. The van der Waals surface area contributed by atoms with E-state index in [0.29, 0.717) is 48.5 Å². The van der Waals surface area contributed by atoms with Gasteiger partial charge >= 0.3 is 6.18 Å². The fourth-order valence-corrected chi connectivity index (χ4v) is 3.45. The number of halogens is 4. The zero-order chi connectivity index (χ0) is 19.9. The first kappa shape index (κ1) is 18.3. The van der Waals surface area contributed by atoms with Crippen molar-refractivity contribution in [3.05, 3.63) is 65.6 Å². The minimum atomic E-state index is -4.39. The second-order valence-corrected chi connectivity index (χ2v) is 6.71. The lowest BCUT2D eigenvalue weighted by molar-refractivity contribution is -0.137. The largest absolute Gasteiger partial charge is 0.416 e. The molecule has 2 aromatic carbocycles. The van der Waals surface area contributed by atoms with E-state index in [4.69, 9.17) is 0 Å². The highest BCUT2D eigenvalue weighted by Crippen LogP contribution is 2.32. The summed E-state index contributed by atoms with van der Waals surface area (Å²) in [6, 6.07) is 11.3. The fourth-order valence-electron chi connectivity index (χ4n) is 3.45. The van der Waals surface area contributed by atoms with Crippen molar-refractivity contribution in [2.24, 2.45) is 0 Å². The van der Waals surface area contributed by atoms with Crippen LogP contribution in [0.5, 0.6) is 0 Å². The fraction of sp³-hybridized carbons (Fsp3) is 0.250. The topological polar surface area (TPSA) is 39.3 Å². The van der Waals surface area contributed by atoms with Gasteiger partial charge in [-0.3, -0.25) is 4.79 Å². The number of piperazine rings is 1. The van der Waals surface area contributed by atoms with Gasteiger partial charge in [0.2, 0.25) is 0 Å². The van der Waals surface area contributed by atoms with Crippen molar-refractivity contribution in [3.8, 4) is 0 Å².